The van der Waals surface area contributed by atoms with E-state index in [2.05, 4.69) is 15.7 Å². The van der Waals surface area contributed by atoms with Crippen LogP contribution in [-0.2, 0) is 12.3 Å². The zero-order chi connectivity index (χ0) is 24.9. The number of benzene rings is 3. The van der Waals surface area contributed by atoms with Crippen molar-refractivity contribution >= 4 is 40.4 Å². The van der Waals surface area contributed by atoms with Gasteiger partial charge in [-0.05, 0) is 59.7 Å². The van der Waals surface area contributed by atoms with Crippen LogP contribution in [0.25, 0.3) is 5.52 Å². The second kappa shape index (κ2) is 10.5. The summed E-state index contributed by atoms with van der Waals surface area (Å²) in [5.41, 5.74) is 10.4. The number of hydrogen-bond donors (Lipinski definition) is 3. The number of para-hydroxylation sites is 2. The highest BCUT2D eigenvalue weighted by Crippen LogP contribution is 2.24. The van der Waals surface area contributed by atoms with Crippen LogP contribution in [0.5, 0.6) is 0 Å². The van der Waals surface area contributed by atoms with Gasteiger partial charge in [0.2, 0.25) is 5.16 Å². The number of amides is 1. The molecule has 0 atom stereocenters. The van der Waals surface area contributed by atoms with Gasteiger partial charge in [0.25, 0.3) is 5.91 Å². The molecule has 0 spiro atoms. The number of hydrogen-bond acceptors (Lipinski definition) is 6. The Morgan fingerprint density at radius 3 is 2.47 bits per heavy atom. The summed E-state index contributed by atoms with van der Waals surface area (Å²) < 4.78 is 15.0. The van der Waals surface area contributed by atoms with Gasteiger partial charge >= 0.3 is 0 Å². The van der Waals surface area contributed by atoms with Crippen molar-refractivity contribution in [3.8, 4) is 0 Å². The number of nitrogens with zero attached hydrogens (tertiary/aromatic N) is 3. The standard InChI is InChI=1S/C27H23FN6OS/c28-21-13-9-18(10-14-21)16-30-25-24-6-3-15-34(24)33-27(32-25)36-17-19-7-11-20(12-8-19)26(35)31-23-5-2-1-4-22(23)29/h1-15H,16-17,29H2,(H,31,35)(H,30,32,33). The predicted molar refractivity (Wildman–Crippen MR) is 142 cm³/mol. The van der Waals surface area contributed by atoms with Gasteiger partial charge in [0.05, 0.1) is 11.4 Å². The molecule has 0 aliphatic rings. The molecular formula is C27H23FN6OS. The number of thioether (sulfide) groups is 1. The lowest BCUT2D eigenvalue weighted by Gasteiger charge is -2.10. The summed E-state index contributed by atoms with van der Waals surface area (Å²) in [7, 11) is 0. The molecule has 2 aromatic heterocycles. The molecule has 36 heavy (non-hydrogen) atoms. The minimum Gasteiger partial charge on any atom is -0.397 e. The molecule has 0 saturated heterocycles. The van der Waals surface area contributed by atoms with Crippen molar-refractivity contribution in [3.63, 3.8) is 0 Å². The smallest absolute Gasteiger partial charge is 0.255 e. The molecule has 0 unspecified atom stereocenters. The molecule has 5 rings (SSSR count). The third-order valence-electron chi connectivity index (χ3n) is 5.54. The van der Waals surface area contributed by atoms with Gasteiger partial charge in [-0.15, -0.1) is 5.10 Å². The molecule has 1 amide bonds. The number of nitrogens with two attached hydrogens (primary N) is 1. The van der Waals surface area contributed by atoms with Crippen molar-refractivity contribution in [2.24, 2.45) is 0 Å². The van der Waals surface area contributed by atoms with Crippen LogP contribution in [0.2, 0.25) is 0 Å². The van der Waals surface area contributed by atoms with Crippen LogP contribution < -0.4 is 16.4 Å². The topological polar surface area (TPSA) is 97.3 Å². The summed E-state index contributed by atoms with van der Waals surface area (Å²) >= 11 is 1.50. The molecule has 2 heterocycles. The highest BCUT2D eigenvalue weighted by atomic mass is 32.2. The fraction of sp³-hybridized carbons (Fsp3) is 0.0741. The van der Waals surface area contributed by atoms with E-state index >= 15 is 0 Å². The molecule has 4 N–H and O–H groups in total. The van der Waals surface area contributed by atoms with Crippen molar-refractivity contribution in [1.82, 2.24) is 14.6 Å². The zero-order valence-electron chi connectivity index (χ0n) is 19.2. The fourth-order valence-electron chi connectivity index (χ4n) is 3.60. The maximum absolute atomic E-state index is 13.2. The van der Waals surface area contributed by atoms with Gasteiger partial charge in [0.15, 0.2) is 5.82 Å². The average molecular weight is 499 g/mol. The number of carbonyl (C=O) groups is 1. The van der Waals surface area contributed by atoms with E-state index in [-0.39, 0.29) is 11.7 Å². The van der Waals surface area contributed by atoms with Gasteiger partial charge in [-0.25, -0.2) is 13.9 Å². The Morgan fingerprint density at radius 1 is 0.944 bits per heavy atom. The van der Waals surface area contributed by atoms with E-state index < -0.39 is 0 Å². The van der Waals surface area contributed by atoms with E-state index in [1.54, 1.807) is 40.9 Å². The maximum atomic E-state index is 13.2. The first kappa shape index (κ1) is 23.4. The summed E-state index contributed by atoms with van der Waals surface area (Å²) in [4.78, 5) is 17.2. The number of fused-ring (bicyclic) bond motifs is 1. The first-order valence-corrected chi connectivity index (χ1v) is 12.2. The number of nitrogen functional groups attached to an aromatic ring is 1. The zero-order valence-corrected chi connectivity index (χ0v) is 20.0. The Bertz CT molecular complexity index is 1500. The number of carbonyl (C=O) groups excluding carboxylic acids is 1. The van der Waals surface area contributed by atoms with Crippen LogP contribution in [-0.4, -0.2) is 20.5 Å². The van der Waals surface area contributed by atoms with E-state index in [1.165, 1.54) is 23.9 Å². The normalized spacial score (nSPS) is 10.9. The molecule has 7 nitrogen and oxygen atoms in total. The van der Waals surface area contributed by atoms with E-state index in [0.717, 1.165) is 16.6 Å². The summed E-state index contributed by atoms with van der Waals surface area (Å²) in [6.07, 6.45) is 1.87. The minimum atomic E-state index is -0.261. The second-order valence-corrected chi connectivity index (χ2v) is 9.03. The van der Waals surface area contributed by atoms with Crippen LogP contribution in [0.1, 0.15) is 21.5 Å². The first-order chi connectivity index (χ1) is 17.5. The molecule has 0 radical (unpaired) electrons. The van der Waals surface area contributed by atoms with E-state index in [1.807, 2.05) is 42.6 Å². The molecule has 0 bridgehead atoms. The molecule has 3 aromatic carbocycles. The lowest BCUT2D eigenvalue weighted by Crippen LogP contribution is -2.13. The van der Waals surface area contributed by atoms with Crippen LogP contribution >= 0.6 is 11.8 Å². The average Bonchev–Trinajstić information content (AvgIpc) is 3.37. The van der Waals surface area contributed by atoms with Gasteiger partial charge in [-0.1, -0.05) is 48.2 Å². The molecular weight excluding hydrogens is 475 g/mol. The molecule has 0 aliphatic heterocycles. The van der Waals surface area contributed by atoms with Gasteiger partial charge in [0.1, 0.15) is 11.3 Å². The largest absolute Gasteiger partial charge is 0.397 e. The minimum absolute atomic E-state index is 0.217. The molecule has 0 aliphatic carbocycles. The van der Waals surface area contributed by atoms with Crippen LogP contribution in [0.15, 0.2) is 96.3 Å². The number of aromatic nitrogens is 3. The molecule has 5 aromatic rings. The van der Waals surface area contributed by atoms with Gasteiger partial charge in [-0.2, -0.15) is 0 Å². The van der Waals surface area contributed by atoms with Crippen molar-refractivity contribution < 1.29 is 9.18 Å². The third kappa shape index (κ3) is 5.47. The van der Waals surface area contributed by atoms with Crippen LogP contribution in [0, 0.1) is 5.82 Å². The second-order valence-electron chi connectivity index (χ2n) is 8.09. The van der Waals surface area contributed by atoms with E-state index in [0.29, 0.717) is 40.2 Å². The molecule has 180 valence electrons. The van der Waals surface area contributed by atoms with E-state index in [9.17, 15) is 9.18 Å². The van der Waals surface area contributed by atoms with Gasteiger partial charge < -0.3 is 16.4 Å². The van der Waals surface area contributed by atoms with Crippen molar-refractivity contribution in [1.29, 1.82) is 0 Å². The summed E-state index contributed by atoms with van der Waals surface area (Å²) in [6, 6.07) is 24.8. The van der Waals surface area contributed by atoms with Crippen molar-refractivity contribution in [2.45, 2.75) is 17.5 Å². The van der Waals surface area contributed by atoms with Crippen LogP contribution in [0.4, 0.5) is 21.6 Å². The summed E-state index contributed by atoms with van der Waals surface area (Å²) in [6.45, 7) is 0.514. The molecule has 0 saturated carbocycles. The maximum Gasteiger partial charge on any atom is 0.255 e. The Balaban J connectivity index is 1.24. The Hall–Kier alpha value is -4.37. The highest BCUT2D eigenvalue weighted by molar-refractivity contribution is 7.98. The number of nitrogens with one attached hydrogen (secondary N) is 2. The fourth-order valence-corrected chi connectivity index (χ4v) is 4.39. The predicted octanol–water partition coefficient (Wildman–Crippen LogP) is 5.61. The SMILES string of the molecule is Nc1ccccc1NC(=O)c1ccc(CSc2nc(NCc3ccc(F)cc3)c3cccn3n2)cc1. The monoisotopic (exact) mass is 498 g/mol. The first-order valence-electron chi connectivity index (χ1n) is 11.3. The lowest BCUT2D eigenvalue weighted by molar-refractivity contribution is 0.102. The number of halogens is 1. The quantitative estimate of drug-likeness (QED) is 0.190. The highest BCUT2D eigenvalue weighted by Gasteiger charge is 2.11. The van der Waals surface area contributed by atoms with Crippen molar-refractivity contribution in [3.05, 3.63) is 114 Å². The van der Waals surface area contributed by atoms with Crippen molar-refractivity contribution in [2.75, 3.05) is 16.4 Å². The Kier molecular flexibility index (Phi) is 6.81. The van der Waals surface area contributed by atoms with Gasteiger partial charge in [-0.3, -0.25) is 4.79 Å². The molecule has 9 heteroatoms. The van der Waals surface area contributed by atoms with E-state index in [4.69, 9.17) is 10.7 Å². The number of rotatable bonds is 8. The third-order valence-corrected chi connectivity index (χ3v) is 6.45. The van der Waals surface area contributed by atoms with Gasteiger partial charge in [0, 0.05) is 24.1 Å². The van der Waals surface area contributed by atoms with Crippen LogP contribution in [0.3, 0.4) is 0 Å². The Morgan fingerprint density at radius 2 is 1.69 bits per heavy atom. The lowest BCUT2D eigenvalue weighted by atomic mass is 10.1. The Labute approximate surface area is 211 Å². The number of anilines is 3. The summed E-state index contributed by atoms with van der Waals surface area (Å²) in [5.74, 6) is 0.861. The molecule has 0 fully saturated rings. The summed E-state index contributed by atoms with van der Waals surface area (Å²) in [5, 5.41) is 11.4.